The molecule has 0 radical (unpaired) electrons. The van der Waals surface area contributed by atoms with Crippen LogP contribution in [0, 0.1) is 19.7 Å². The molecule has 0 aliphatic carbocycles. The number of nitrogens with zero attached hydrogens (tertiary/aromatic N) is 2. The van der Waals surface area contributed by atoms with E-state index in [9.17, 15) is 4.39 Å². The van der Waals surface area contributed by atoms with Crippen LogP contribution in [0.4, 0.5) is 15.9 Å². The van der Waals surface area contributed by atoms with Gasteiger partial charge in [-0.05, 0) is 43.2 Å². The van der Waals surface area contributed by atoms with Crippen LogP contribution in [0.15, 0.2) is 18.2 Å². The molecule has 0 spiro atoms. The third-order valence-electron chi connectivity index (χ3n) is 2.65. The van der Waals surface area contributed by atoms with Gasteiger partial charge in [-0.15, -0.1) is 10.2 Å². The number of halogens is 3. The Hall–Kier alpha value is -1.39. The van der Waals surface area contributed by atoms with Crippen molar-refractivity contribution in [1.29, 1.82) is 0 Å². The molecule has 0 aliphatic rings. The fourth-order valence-corrected chi connectivity index (χ4v) is 1.70. The van der Waals surface area contributed by atoms with Gasteiger partial charge in [-0.3, -0.25) is 0 Å². The first-order valence-corrected chi connectivity index (χ1v) is 5.96. The third-order valence-corrected chi connectivity index (χ3v) is 3.31. The maximum atomic E-state index is 13.3. The summed E-state index contributed by atoms with van der Waals surface area (Å²) in [5.41, 5.74) is 2.25. The fraction of sp³-hybridized carbons (Fsp3) is 0.167. The summed E-state index contributed by atoms with van der Waals surface area (Å²) < 4.78 is 13.3. The molecule has 3 nitrogen and oxygen atoms in total. The molecule has 1 aromatic carbocycles. The summed E-state index contributed by atoms with van der Waals surface area (Å²) in [4.78, 5) is 0. The van der Waals surface area contributed by atoms with E-state index in [2.05, 4.69) is 15.5 Å². The number of rotatable bonds is 2. The standard InChI is InChI=1S/C12H10Cl2FN3/c1-6-7(2)12(18-17-11(6)14)16-8-3-4-9(13)10(15)5-8/h3-5H,1-2H3,(H,16,18). The molecule has 94 valence electrons. The zero-order valence-corrected chi connectivity index (χ0v) is 11.3. The molecule has 0 unspecified atom stereocenters. The Morgan fingerprint density at radius 1 is 1.11 bits per heavy atom. The molecule has 0 aliphatic heterocycles. The minimum absolute atomic E-state index is 0.0793. The Kier molecular flexibility index (Phi) is 3.68. The van der Waals surface area contributed by atoms with Gasteiger partial charge in [-0.25, -0.2) is 4.39 Å². The van der Waals surface area contributed by atoms with E-state index in [1.54, 1.807) is 6.07 Å². The van der Waals surface area contributed by atoms with Gasteiger partial charge >= 0.3 is 0 Å². The lowest BCUT2D eigenvalue weighted by atomic mass is 10.2. The number of hydrogen-bond donors (Lipinski definition) is 1. The Bertz CT molecular complexity index is 602. The van der Waals surface area contributed by atoms with E-state index in [1.165, 1.54) is 12.1 Å². The maximum Gasteiger partial charge on any atom is 0.156 e. The third kappa shape index (κ3) is 2.54. The summed E-state index contributed by atoms with van der Waals surface area (Å²) in [5.74, 6) is 0.0524. The molecule has 18 heavy (non-hydrogen) atoms. The molecule has 0 fully saturated rings. The zero-order chi connectivity index (χ0) is 13.3. The number of hydrogen-bond acceptors (Lipinski definition) is 3. The van der Waals surface area contributed by atoms with Crippen molar-refractivity contribution in [3.63, 3.8) is 0 Å². The van der Waals surface area contributed by atoms with Crippen LogP contribution in [-0.4, -0.2) is 10.2 Å². The maximum absolute atomic E-state index is 13.3. The number of aromatic nitrogens is 2. The SMILES string of the molecule is Cc1c(Cl)nnc(Nc2ccc(Cl)c(F)c2)c1C. The average Bonchev–Trinajstić information content (AvgIpc) is 2.34. The quantitative estimate of drug-likeness (QED) is 0.895. The second-order valence-electron chi connectivity index (χ2n) is 3.84. The van der Waals surface area contributed by atoms with Gasteiger partial charge in [0, 0.05) is 5.69 Å². The molecule has 1 aromatic heterocycles. The predicted molar refractivity (Wildman–Crippen MR) is 71.2 cm³/mol. The van der Waals surface area contributed by atoms with Crippen molar-refractivity contribution in [3.8, 4) is 0 Å². The van der Waals surface area contributed by atoms with Crippen molar-refractivity contribution >= 4 is 34.7 Å². The van der Waals surface area contributed by atoms with Crippen molar-refractivity contribution in [2.75, 3.05) is 5.32 Å². The number of nitrogens with one attached hydrogen (secondary N) is 1. The van der Waals surface area contributed by atoms with E-state index < -0.39 is 5.82 Å². The molecule has 2 rings (SSSR count). The zero-order valence-electron chi connectivity index (χ0n) is 9.76. The molecular formula is C12H10Cl2FN3. The van der Waals surface area contributed by atoms with Crippen LogP contribution in [0.25, 0.3) is 0 Å². The first kappa shape index (κ1) is 13.1. The minimum atomic E-state index is -0.488. The summed E-state index contributed by atoms with van der Waals surface area (Å²) in [5, 5.41) is 11.2. The molecule has 0 atom stereocenters. The highest BCUT2D eigenvalue weighted by Gasteiger charge is 2.09. The van der Waals surface area contributed by atoms with Gasteiger partial charge in [0.15, 0.2) is 11.0 Å². The van der Waals surface area contributed by atoms with Crippen molar-refractivity contribution in [1.82, 2.24) is 10.2 Å². The van der Waals surface area contributed by atoms with Gasteiger partial charge in [-0.2, -0.15) is 0 Å². The first-order chi connectivity index (χ1) is 8.49. The molecule has 0 saturated carbocycles. The van der Waals surface area contributed by atoms with Gasteiger partial charge in [0.2, 0.25) is 0 Å². The Labute approximate surface area is 114 Å². The second kappa shape index (κ2) is 5.08. The van der Waals surface area contributed by atoms with Crippen LogP contribution in [0.5, 0.6) is 0 Å². The van der Waals surface area contributed by atoms with Crippen molar-refractivity contribution in [2.45, 2.75) is 13.8 Å². The molecule has 0 saturated heterocycles. The topological polar surface area (TPSA) is 37.8 Å². The summed E-state index contributed by atoms with van der Waals surface area (Å²) in [7, 11) is 0. The smallest absolute Gasteiger partial charge is 0.156 e. The summed E-state index contributed by atoms with van der Waals surface area (Å²) in [6.07, 6.45) is 0. The predicted octanol–water partition coefficient (Wildman–Crippen LogP) is 4.28. The Balaban J connectivity index is 2.34. The summed E-state index contributed by atoms with van der Waals surface area (Å²) >= 11 is 11.5. The monoisotopic (exact) mass is 285 g/mol. The van der Waals surface area contributed by atoms with E-state index in [1.807, 2.05) is 13.8 Å². The minimum Gasteiger partial charge on any atom is -0.338 e. The van der Waals surface area contributed by atoms with E-state index in [0.717, 1.165) is 11.1 Å². The highest BCUT2D eigenvalue weighted by Crippen LogP contribution is 2.25. The Morgan fingerprint density at radius 2 is 1.83 bits per heavy atom. The molecule has 0 bridgehead atoms. The average molecular weight is 286 g/mol. The van der Waals surface area contributed by atoms with E-state index in [0.29, 0.717) is 16.7 Å². The van der Waals surface area contributed by atoms with Crippen LogP contribution in [-0.2, 0) is 0 Å². The number of benzene rings is 1. The van der Waals surface area contributed by atoms with E-state index in [4.69, 9.17) is 23.2 Å². The summed E-state index contributed by atoms with van der Waals surface area (Å²) in [6.45, 7) is 3.71. The van der Waals surface area contributed by atoms with Crippen LogP contribution < -0.4 is 5.32 Å². The van der Waals surface area contributed by atoms with Crippen LogP contribution >= 0.6 is 23.2 Å². The first-order valence-electron chi connectivity index (χ1n) is 5.20. The molecule has 0 amide bonds. The van der Waals surface area contributed by atoms with Crippen LogP contribution in [0.2, 0.25) is 10.2 Å². The second-order valence-corrected chi connectivity index (χ2v) is 4.61. The normalized spacial score (nSPS) is 10.5. The van der Waals surface area contributed by atoms with Gasteiger partial charge in [0.1, 0.15) is 5.82 Å². The van der Waals surface area contributed by atoms with Gasteiger partial charge in [0.25, 0.3) is 0 Å². The molecular weight excluding hydrogens is 276 g/mol. The van der Waals surface area contributed by atoms with Gasteiger partial charge < -0.3 is 5.32 Å². The molecule has 1 N–H and O–H groups in total. The lowest BCUT2D eigenvalue weighted by Gasteiger charge is -2.10. The van der Waals surface area contributed by atoms with Crippen LogP contribution in [0.3, 0.4) is 0 Å². The highest BCUT2D eigenvalue weighted by molar-refractivity contribution is 6.30. The van der Waals surface area contributed by atoms with Gasteiger partial charge in [0.05, 0.1) is 5.02 Å². The van der Waals surface area contributed by atoms with Crippen molar-refractivity contribution < 1.29 is 4.39 Å². The Morgan fingerprint density at radius 3 is 2.50 bits per heavy atom. The molecule has 6 heteroatoms. The lowest BCUT2D eigenvalue weighted by Crippen LogP contribution is -2.01. The van der Waals surface area contributed by atoms with Crippen molar-refractivity contribution in [3.05, 3.63) is 45.3 Å². The lowest BCUT2D eigenvalue weighted by molar-refractivity contribution is 0.629. The van der Waals surface area contributed by atoms with E-state index in [-0.39, 0.29) is 5.02 Å². The fourth-order valence-electron chi connectivity index (χ4n) is 1.41. The van der Waals surface area contributed by atoms with Crippen molar-refractivity contribution in [2.24, 2.45) is 0 Å². The molecule has 2 aromatic rings. The summed E-state index contributed by atoms with van der Waals surface area (Å²) in [6, 6.07) is 4.44. The highest BCUT2D eigenvalue weighted by atomic mass is 35.5. The van der Waals surface area contributed by atoms with Gasteiger partial charge in [-0.1, -0.05) is 23.2 Å². The van der Waals surface area contributed by atoms with Crippen LogP contribution in [0.1, 0.15) is 11.1 Å². The largest absolute Gasteiger partial charge is 0.338 e. The molecule has 1 heterocycles. The number of anilines is 2. The van der Waals surface area contributed by atoms with E-state index >= 15 is 0 Å².